The number of amides is 1. The van der Waals surface area contributed by atoms with Crippen molar-refractivity contribution >= 4 is 12.1 Å². The largest absolute Gasteiger partial charge is 0.504 e. The average molecular weight is 278 g/mol. The monoisotopic (exact) mass is 278 g/mol. The Balaban J connectivity index is 2.45. The molecule has 1 aromatic rings. The third-order valence-corrected chi connectivity index (χ3v) is 2.69. The Bertz CT molecular complexity index is 458. The lowest BCUT2D eigenvalue weighted by Crippen LogP contribution is -2.16. The van der Waals surface area contributed by atoms with Gasteiger partial charge in [0.25, 0.3) is 0 Å². The highest BCUT2D eigenvalue weighted by atomic mass is 16.5. The quantitative estimate of drug-likeness (QED) is 0.436. The predicted molar refractivity (Wildman–Crippen MR) is 79.2 cm³/mol. The third kappa shape index (κ3) is 5.73. The molecule has 1 rings (SSSR count). The average Bonchev–Trinajstić information content (AvgIpc) is 2.42. The highest BCUT2D eigenvalue weighted by Crippen LogP contribution is 2.25. The maximum Gasteiger partial charge on any atom is 0.240 e. The maximum absolute atomic E-state index is 11.4. The highest BCUT2D eigenvalue weighted by Gasteiger charge is 2.02. The van der Waals surface area contributed by atoms with Crippen LogP contribution in [0.4, 0.5) is 0 Å². The van der Waals surface area contributed by atoms with E-state index in [1.54, 1.807) is 12.1 Å². The fraction of sp³-hybridized carbons (Fsp3) is 0.467. The number of benzene rings is 1. The van der Waals surface area contributed by atoms with Crippen molar-refractivity contribution < 1.29 is 14.6 Å². The molecule has 0 aliphatic rings. The van der Waals surface area contributed by atoms with Gasteiger partial charge >= 0.3 is 0 Å². The van der Waals surface area contributed by atoms with Crippen LogP contribution in [0.1, 0.15) is 45.1 Å². The molecule has 0 aliphatic carbocycles. The molecule has 0 spiro atoms. The summed E-state index contributed by atoms with van der Waals surface area (Å²) in [4.78, 5) is 11.4. The Morgan fingerprint density at radius 1 is 1.40 bits per heavy atom. The second-order valence-electron chi connectivity index (χ2n) is 4.41. The van der Waals surface area contributed by atoms with Gasteiger partial charge < -0.3 is 9.84 Å². The van der Waals surface area contributed by atoms with Gasteiger partial charge in [-0.2, -0.15) is 5.10 Å². The number of rotatable bonds is 8. The number of nitrogens with zero attached hydrogens (tertiary/aromatic N) is 1. The molecule has 110 valence electrons. The Morgan fingerprint density at radius 2 is 2.20 bits per heavy atom. The number of ether oxygens (including phenoxy) is 1. The molecule has 0 atom stereocenters. The number of carbonyl (C=O) groups is 1. The zero-order chi connectivity index (χ0) is 14.8. The molecule has 5 nitrogen and oxygen atoms in total. The van der Waals surface area contributed by atoms with E-state index >= 15 is 0 Å². The Hall–Kier alpha value is -2.04. The van der Waals surface area contributed by atoms with Crippen LogP contribution in [0.15, 0.2) is 23.3 Å². The minimum absolute atomic E-state index is 0.0603. The molecule has 0 fully saturated rings. The molecular weight excluding hydrogens is 256 g/mol. The smallest absolute Gasteiger partial charge is 0.240 e. The Kier molecular flexibility index (Phi) is 7.17. The highest BCUT2D eigenvalue weighted by molar-refractivity contribution is 5.83. The van der Waals surface area contributed by atoms with Gasteiger partial charge in [0.05, 0.1) is 12.8 Å². The molecule has 0 saturated heterocycles. The van der Waals surface area contributed by atoms with E-state index in [1.165, 1.54) is 12.3 Å². The van der Waals surface area contributed by atoms with E-state index in [0.717, 1.165) is 19.3 Å². The molecule has 0 aliphatic heterocycles. The van der Waals surface area contributed by atoms with Crippen molar-refractivity contribution in [1.82, 2.24) is 5.43 Å². The van der Waals surface area contributed by atoms with Crippen LogP contribution < -0.4 is 10.2 Å². The number of hydrazone groups is 1. The lowest BCUT2D eigenvalue weighted by atomic mass is 10.2. The van der Waals surface area contributed by atoms with Crippen LogP contribution in [-0.2, 0) is 4.79 Å². The molecule has 5 heteroatoms. The molecule has 0 saturated carbocycles. The van der Waals surface area contributed by atoms with Gasteiger partial charge in [0.15, 0.2) is 11.5 Å². The summed E-state index contributed by atoms with van der Waals surface area (Å²) < 4.78 is 5.22. The van der Waals surface area contributed by atoms with Crippen LogP contribution in [0.2, 0.25) is 0 Å². The van der Waals surface area contributed by atoms with Gasteiger partial charge in [0.2, 0.25) is 5.91 Å². The summed E-state index contributed by atoms with van der Waals surface area (Å²) in [6.07, 6.45) is 4.99. The Labute approximate surface area is 119 Å². The molecule has 2 N–H and O–H groups in total. The van der Waals surface area contributed by atoms with Gasteiger partial charge in [-0.15, -0.1) is 0 Å². The Morgan fingerprint density at radius 3 is 2.85 bits per heavy atom. The molecular formula is C15H22N2O3. The van der Waals surface area contributed by atoms with E-state index in [0.29, 0.717) is 24.3 Å². The van der Waals surface area contributed by atoms with E-state index in [1.807, 2.05) is 6.92 Å². The maximum atomic E-state index is 11.4. The predicted octanol–water partition coefficient (Wildman–Crippen LogP) is 2.82. The SMILES string of the molecule is CCCCCC(=O)N/N=C/c1ccc(OCC)c(O)c1. The second-order valence-corrected chi connectivity index (χ2v) is 4.41. The van der Waals surface area contributed by atoms with Gasteiger partial charge in [0, 0.05) is 6.42 Å². The first-order valence-corrected chi connectivity index (χ1v) is 6.95. The van der Waals surface area contributed by atoms with Crippen LogP contribution in [0.5, 0.6) is 11.5 Å². The van der Waals surface area contributed by atoms with Crippen molar-refractivity contribution in [3.63, 3.8) is 0 Å². The molecule has 0 heterocycles. The summed E-state index contributed by atoms with van der Waals surface area (Å²) in [5, 5.41) is 13.6. The fourth-order valence-electron chi connectivity index (χ4n) is 1.66. The van der Waals surface area contributed by atoms with Gasteiger partial charge in [-0.1, -0.05) is 19.8 Å². The molecule has 0 aromatic heterocycles. The number of aromatic hydroxyl groups is 1. The van der Waals surface area contributed by atoms with E-state index < -0.39 is 0 Å². The van der Waals surface area contributed by atoms with E-state index in [4.69, 9.17) is 4.74 Å². The normalized spacial score (nSPS) is 10.7. The molecule has 0 bridgehead atoms. The van der Waals surface area contributed by atoms with Crippen molar-refractivity contribution in [2.75, 3.05) is 6.61 Å². The van der Waals surface area contributed by atoms with Gasteiger partial charge in [0.1, 0.15) is 0 Å². The summed E-state index contributed by atoms with van der Waals surface area (Å²) in [5.41, 5.74) is 3.16. The van der Waals surface area contributed by atoms with Crippen molar-refractivity contribution in [1.29, 1.82) is 0 Å². The van der Waals surface area contributed by atoms with E-state index in [2.05, 4.69) is 17.5 Å². The zero-order valence-electron chi connectivity index (χ0n) is 12.1. The van der Waals surface area contributed by atoms with Crippen molar-refractivity contribution in [2.45, 2.75) is 39.5 Å². The van der Waals surface area contributed by atoms with Crippen LogP contribution in [0.25, 0.3) is 0 Å². The summed E-state index contributed by atoms with van der Waals surface area (Å²) in [6.45, 7) is 4.44. The van der Waals surface area contributed by atoms with Gasteiger partial charge in [-0.25, -0.2) is 5.43 Å². The minimum atomic E-state index is -0.0927. The standard InChI is InChI=1S/C15H22N2O3/c1-3-5-6-7-15(19)17-16-11-12-8-9-14(20-4-2)13(18)10-12/h8-11,18H,3-7H2,1-2H3,(H,17,19)/b16-11+. The first kappa shape index (κ1) is 16.0. The molecule has 1 amide bonds. The number of unbranched alkanes of at least 4 members (excludes halogenated alkanes) is 2. The van der Waals surface area contributed by atoms with Gasteiger partial charge in [-0.3, -0.25) is 4.79 Å². The fourth-order valence-corrected chi connectivity index (χ4v) is 1.66. The molecule has 0 unspecified atom stereocenters. The minimum Gasteiger partial charge on any atom is -0.504 e. The second kappa shape index (κ2) is 8.96. The van der Waals surface area contributed by atoms with Crippen molar-refractivity contribution in [2.24, 2.45) is 5.10 Å². The lowest BCUT2D eigenvalue weighted by Gasteiger charge is -2.05. The topological polar surface area (TPSA) is 70.9 Å². The zero-order valence-corrected chi connectivity index (χ0v) is 12.1. The third-order valence-electron chi connectivity index (χ3n) is 2.69. The number of hydrogen-bond donors (Lipinski definition) is 2. The first-order chi connectivity index (χ1) is 9.67. The first-order valence-electron chi connectivity index (χ1n) is 6.95. The molecule has 1 aromatic carbocycles. The van der Waals surface area contributed by atoms with Gasteiger partial charge in [-0.05, 0) is 37.1 Å². The number of carbonyl (C=O) groups excluding carboxylic acids is 1. The number of phenolic OH excluding ortho intramolecular Hbond substituents is 1. The lowest BCUT2D eigenvalue weighted by molar-refractivity contribution is -0.121. The van der Waals surface area contributed by atoms with Crippen LogP contribution in [-0.4, -0.2) is 23.8 Å². The van der Waals surface area contributed by atoms with E-state index in [9.17, 15) is 9.90 Å². The van der Waals surface area contributed by atoms with Crippen molar-refractivity contribution in [3.8, 4) is 11.5 Å². The molecule has 0 radical (unpaired) electrons. The summed E-state index contributed by atoms with van der Waals surface area (Å²) in [7, 11) is 0. The van der Waals surface area contributed by atoms with E-state index in [-0.39, 0.29) is 11.7 Å². The van der Waals surface area contributed by atoms with Crippen LogP contribution in [0, 0.1) is 0 Å². The number of hydrogen-bond acceptors (Lipinski definition) is 4. The van der Waals surface area contributed by atoms with Crippen molar-refractivity contribution in [3.05, 3.63) is 23.8 Å². The van der Waals surface area contributed by atoms with Crippen LogP contribution >= 0.6 is 0 Å². The summed E-state index contributed by atoms with van der Waals surface area (Å²) >= 11 is 0. The number of phenols is 1. The molecule has 20 heavy (non-hydrogen) atoms. The number of nitrogens with one attached hydrogen (secondary N) is 1. The summed E-state index contributed by atoms with van der Waals surface area (Å²) in [6, 6.07) is 4.97. The summed E-state index contributed by atoms with van der Waals surface area (Å²) in [5.74, 6) is 0.406. The van der Waals surface area contributed by atoms with Crippen LogP contribution in [0.3, 0.4) is 0 Å².